The van der Waals surface area contributed by atoms with Crippen LogP contribution in [0.4, 0.5) is 0 Å². The summed E-state index contributed by atoms with van der Waals surface area (Å²) in [5.41, 5.74) is 1.57. The number of nitrogens with zero attached hydrogens (tertiary/aromatic N) is 1. The first-order chi connectivity index (χ1) is 7.52. The van der Waals surface area contributed by atoms with Crippen LogP contribution < -0.4 is 0 Å². The number of carbonyl (C=O) groups excluding carboxylic acids is 1. The lowest BCUT2D eigenvalue weighted by atomic mass is 10.0. The van der Waals surface area contributed by atoms with Gasteiger partial charge >= 0.3 is 0 Å². The molecule has 2 rings (SSSR count). The lowest BCUT2D eigenvalue weighted by Gasteiger charge is -2.29. The second-order valence-corrected chi connectivity index (χ2v) is 4.84. The minimum absolute atomic E-state index is 0.0561. The third-order valence-corrected chi connectivity index (χ3v) is 3.03. The van der Waals surface area contributed by atoms with Crippen molar-refractivity contribution in [2.24, 2.45) is 0 Å². The number of rotatable bonds is 1. The molecule has 0 atom stereocenters. The molecule has 0 aromatic heterocycles. The van der Waals surface area contributed by atoms with Gasteiger partial charge in [0.1, 0.15) is 6.73 Å². The third-order valence-electron chi connectivity index (χ3n) is 3.03. The summed E-state index contributed by atoms with van der Waals surface area (Å²) in [6.45, 7) is 6.99. The summed E-state index contributed by atoms with van der Waals surface area (Å²) in [4.78, 5) is 14.1. The first kappa shape index (κ1) is 11.1. The van der Waals surface area contributed by atoms with E-state index in [9.17, 15) is 4.79 Å². The molecule has 0 N–H and O–H groups in total. The second kappa shape index (κ2) is 3.91. The van der Waals surface area contributed by atoms with Crippen LogP contribution in [0.5, 0.6) is 0 Å². The number of amides is 1. The summed E-state index contributed by atoms with van der Waals surface area (Å²) in [5.74, 6) is 0.0561. The summed E-state index contributed by atoms with van der Waals surface area (Å²) in [6.07, 6.45) is 0. The smallest absolute Gasteiger partial charge is 0.256 e. The van der Waals surface area contributed by atoms with E-state index in [2.05, 4.69) is 0 Å². The molecule has 1 amide bonds. The van der Waals surface area contributed by atoms with Crippen molar-refractivity contribution in [2.75, 3.05) is 13.3 Å². The average molecular weight is 219 g/mol. The molecule has 1 aliphatic rings. The summed E-state index contributed by atoms with van der Waals surface area (Å²) in [5, 5.41) is 0. The fourth-order valence-electron chi connectivity index (χ4n) is 1.93. The van der Waals surface area contributed by atoms with Crippen LogP contribution in [0.3, 0.4) is 0 Å². The first-order valence-corrected chi connectivity index (χ1v) is 5.48. The Morgan fingerprint density at radius 1 is 1.38 bits per heavy atom. The lowest BCUT2D eigenvalue weighted by molar-refractivity contribution is 0.0605. The Morgan fingerprint density at radius 2 is 2.06 bits per heavy atom. The van der Waals surface area contributed by atoms with Gasteiger partial charge in [-0.15, -0.1) is 0 Å². The maximum Gasteiger partial charge on any atom is 0.256 e. The van der Waals surface area contributed by atoms with Crippen molar-refractivity contribution >= 4 is 5.91 Å². The molecular formula is C13H17NO2. The zero-order valence-corrected chi connectivity index (χ0v) is 9.99. The van der Waals surface area contributed by atoms with Gasteiger partial charge in [-0.1, -0.05) is 18.2 Å². The fourth-order valence-corrected chi connectivity index (χ4v) is 1.93. The maximum absolute atomic E-state index is 12.3. The molecule has 0 unspecified atom stereocenters. The summed E-state index contributed by atoms with van der Waals surface area (Å²) in [6, 6.07) is 7.66. The van der Waals surface area contributed by atoms with Crippen molar-refractivity contribution in [3.8, 4) is 0 Å². The molecule has 3 heteroatoms. The Hall–Kier alpha value is -1.35. The van der Waals surface area contributed by atoms with E-state index in [1.807, 2.05) is 45.0 Å². The van der Waals surface area contributed by atoms with Crippen molar-refractivity contribution < 1.29 is 9.53 Å². The van der Waals surface area contributed by atoms with E-state index in [-0.39, 0.29) is 11.4 Å². The Bertz CT molecular complexity index is 412. The summed E-state index contributed by atoms with van der Waals surface area (Å²) in [7, 11) is 0. The molecule has 1 fully saturated rings. The second-order valence-electron chi connectivity index (χ2n) is 4.84. The minimum atomic E-state index is -0.209. The van der Waals surface area contributed by atoms with Gasteiger partial charge in [-0.2, -0.15) is 0 Å². The molecule has 0 bridgehead atoms. The van der Waals surface area contributed by atoms with Crippen LogP contribution in [0.1, 0.15) is 29.8 Å². The Balaban J connectivity index is 2.30. The van der Waals surface area contributed by atoms with Crippen molar-refractivity contribution in [3.63, 3.8) is 0 Å². The van der Waals surface area contributed by atoms with Crippen LogP contribution >= 0.6 is 0 Å². The monoisotopic (exact) mass is 219 g/mol. The molecule has 1 saturated heterocycles. The van der Waals surface area contributed by atoms with Crippen LogP contribution in [0.15, 0.2) is 24.3 Å². The number of benzene rings is 1. The number of ether oxygens (including phenoxy) is 1. The van der Waals surface area contributed by atoms with E-state index < -0.39 is 0 Å². The number of hydrogen-bond donors (Lipinski definition) is 0. The van der Waals surface area contributed by atoms with Gasteiger partial charge in [0.15, 0.2) is 0 Å². The van der Waals surface area contributed by atoms with Crippen molar-refractivity contribution in [1.29, 1.82) is 0 Å². The van der Waals surface area contributed by atoms with E-state index in [0.717, 1.165) is 11.1 Å². The van der Waals surface area contributed by atoms with E-state index in [1.165, 1.54) is 0 Å². The normalized spacial score (nSPS) is 18.8. The van der Waals surface area contributed by atoms with Gasteiger partial charge < -0.3 is 9.64 Å². The molecule has 86 valence electrons. The van der Waals surface area contributed by atoms with Crippen molar-refractivity contribution in [1.82, 2.24) is 4.90 Å². The highest BCUT2D eigenvalue weighted by atomic mass is 16.5. The molecule has 1 aliphatic heterocycles. The first-order valence-electron chi connectivity index (χ1n) is 5.48. The molecular weight excluding hydrogens is 202 g/mol. The number of hydrogen-bond acceptors (Lipinski definition) is 2. The van der Waals surface area contributed by atoms with Crippen LogP contribution in [0.2, 0.25) is 0 Å². The van der Waals surface area contributed by atoms with E-state index >= 15 is 0 Å². The molecule has 0 spiro atoms. The van der Waals surface area contributed by atoms with E-state index in [4.69, 9.17) is 4.74 Å². The van der Waals surface area contributed by atoms with Crippen molar-refractivity contribution in [2.45, 2.75) is 26.3 Å². The number of carbonyl (C=O) groups is 1. The zero-order chi connectivity index (χ0) is 11.8. The Morgan fingerprint density at radius 3 is 2.62 bits per heavy atom. The van der Waals surface area contributed by atoms with Crippen LogP contribution in [-0.4, -0.2) is 29.7 Å². The molecule has 16 heavy (non-hydrogen) atoms. The van der Waals surface area contributed by atoms with Crippen LogP contribution in [0.25, 0.3) is 0 Å². The van der Waals surface area contributed by atoms with Gasteiger partial charge in [0.25, 0.3) is 5.91 Å². The van der Waals surface area contributed by atoms with E-state index in [0.29, 0.717) is 13.3 Å². The van der Waals surface area contributed by atoms with Gasteiger partial charge in [0.05, 0.1) is 12.1 Å². The SMILES string of the molecule is Cc1ccccc1C(=O)N1COCC1(C)C. The Labute approximate surface area is 96.0 Å². The topological polar surface area (TPSA) is 29.5 Å². The Kier molecular flexibility index (Phi) is 2.72. The van der Waals surface area contributed by atoms with E-state index in [1.54, 1.807) is 4.90 Å². The standard InChI is InChI=1S/C13H17NO2/c1-10-6-4-5-7-11(10)12(15)14-9-16-8-13(14,2)3/h4-7H,8-9H2,1-3H3. The predicted octanol–water partition coefficient (Wildman–Crippen LogP) is 2.20. The lowest BCUT2D eigenvalue weighted by Crippen LogP contribution is -2.44. The molecule has 1 heterocycles. The molecule has 0 radical (unpaired) electrons. The van der Waals surface area contributed by atoms with Crippen LogP contribution in [0, 0.1) is 6.92 Å². The summed E-state index contributed by atoms with van der Waals surface area (Å²) >= 11 is 0. The van der Waals surface area contributed by atoms with Gasteiger partial charge in [-0.25, -0.2) is 0 Å². The fraction of sp³-hybridized carbons (Fsp3) is 0.462. The van der Waals surface area contributed by atoms with Crippen LogP contribution in [-0.2, 0) is 4.74 Å². The highest BCUT2D eigenvalue weighted by Gasteiger charge is 2.37. The van der Waals surface area contributed by atoms with Crippen molar-refractivity contribution in [3.05, 3.63) is 35.4 Å². The third kappa shape index (κ3) is 1.83. The number of aryl methyl sites for hydroxylation is 1. The maximum atomic E-state index is 12.3. The molecule has 0 saturated carbocycles. The molecule has 1 aromatic carbocycles. The quantitative estimate of drug-likeness (QED) is 0.724. The van der Waals surface area contributed by atoms with Gasteiger partial charge in [-0.3, -0.25) is 4.79 Å². The highest BCUT2D eigenvalue weighted by Crippen LogP contribution is 2.24. The van der Waals surface area contributed by atoms with Gasteiger partial charge in [-0.05, 0) is 32.4 Å². The largest absolute Gasteiger partial charge is 0.359 e. The average Bonchev–Trinajstić information content (AvgIpc) is 2.58. The van der Waals surface area contributed by atoms with Gasteiger partial charge in [0.2, 0.25) is 0 Å². The van der Waals surface area contributed by atoms with Gasteiger partial charge in [0, 0.05) is 5.56 Å². The molecule has 1 aromatic rings. The molecule has 3 nitrogen and oxygen atoms in total. The summed E-state index contributed by atoms with van der Waals surface area (Å²) < 4.78 is 5.36. The zero-order valence-electron chi connectivity index (χ0n) is 9.99. The molecule has 0 aliphatic carbocycles. The predicted molar refractivity (Wildman–Crippen MR) is 62.2 cm³/mol. The highest BCUT2D eigenvalue weighted by molar-refractivity contribution is 5.96. The minimum Gasteiger partial charge on any atom is -0.359 e.